The lowest BCUT2D eigenvalue weighted by Crippen LogP contribution is -2.50. The van der Waals surface area contributed by atoms with Crippen LogP contribution >= 0.6 is 0 Å². The van der Waals surface area contributed by atoms with Crippen molar-refractivity contribution in [1.29, 1.82) is 0 Å². The van der Waals surface area contributed by atoms with Crippen molar-refractivity contribution < 1.29 is 29.0 Å². The van der Waals surface area contributed by atoms with Gasteiger partial charge in [0.25, 0.3) is 0 Å². The number of primary amides is 1. The minimum atomic E-state index is -0.786. The summed E-state index contributed by atoms with van der Waals surface area (Å²) in [6.45, 7) is 13.4. The van der Waals surface area contributed by atoms with Gasteiger partial charge in [-0.3, -0.25) is 9.69 Å². The van der Waals surface area contributed by atoms with Crippen molar-refractivity contribution in [2.75, 3.05) is 32.7 Å². The number of nitrogens with two attached hydrogens (primary N) is 1. The van der Waals surface area contributed by atoms with Gasteiger partial charge in [0.05, 0.1) is 6.42 Å². The second-order valence-corrected chi connectivity index (χ2v) is 9.53. The van der Waals surface area contributed by atoms with Crippen LogP contribution in [0.3, 0.4) is 0 Å². The molecule has 1 fully saturated rings. The fourth-order valence-corrected chi connectivity index (χ4v) is 3.04. The third-order valence-electron chi connectivity index (χ3n) is 4.72. The Balaban J connectivity index is 0.000000425. The Morgan fingerprint density at radius 3 is 2.03 bits per heavy atom. The van der Waals surface area contributed by atoms with Crippen molar-refractivity contribution in [3.63, 3.8) is 0 Å². The van der Waals surface area contributed by atoms with Crippen LogP contribution in [-0.4, -0.2) is 71.4 Å². The van der Waals surface area contributed by atoms with Crippen molar-refractivity contribution in [2.45, 2.75) is 53.1 Å². The molecule has 9 heteroatoms. The molecule has 1 aromatic carbocycles. The molecule has 9 nitrogen and oxygen atoms in total. The average Bonchev–Trinajstić information content (AvgIpc) is 2.65. The predicted octanol–water partition coefficient (Wildman–Crippen LogP) is 3.57. The van der Waals surface area contributed by atoms with E-state index in [0.717, 1.165) is 26.1 Å². The molecule has 0 saturated carbocycles. The van der Waals surface area contributed by atoms with Crippen molar-refractivity contribution >= 4 is 18.2 Å². The Bertz CT molecular complexity index is 738. The molecule has 0 unspecified atom stereocenters. The number of carbonyl (C=O) groups is 3. The Morgan fingerprint density at radius 2 is 1.56 bits per heavy atom. The minimum absolute atomic E-state index is 0.185. The number of rotatable bonds is 6. The van der Waals surface area contributed by atoms with E-state index in [0.29, 0.717) is 18.8 Å². The lowest BCUT2D eigenvalue weighted by atomic mass is 9.85. The van der Waals surface area contributed by atoms with Gasteiger partial charge in [-0.1, -0.05) is 32.0 Å². The van der Waals surface area contributed by atoms with E-state index in [-0.39, 0.29) is 17.9 Å². The van der Waals surface area contributed by atoms with Crippen LogP contribution in [0.15, 0.2) is 30.3 Å². The lowest BCUT2D eigenvalue weighted by molar-refractivity contribution is -0.139. The smallest absolute Gasteiger partial charge is 0.410 e. The maximum Gasteiger partial charge on any atom is 0.410 e. The Kier molecular flexibility index (Phi) is 10.5. The van der Waals surface area contributed by atoms with Crippen LogP contribution in [0.25, 0.3) is 0 Å². The predicted molar refractivity (Wildman–Crippen MR) is 122 cm³/mol. The second kappa shape index (κ2) is 12.3. The molecule has 1 saturated heterocycles. The summed E-state index contributed by atoms with van der Waals surface area (Å²) in [6, 6.07) is 8.67. The number of carboxylic acids is 1. The highest BCUT2D eigenvalue weighted by atomic mass is 16.6. The largest absolute Gasteiger partial charge is 0.481 e. The standard InChI is InChI=1S/C16H30N2O4.C7H7NO2/c1-15(2,3)22-14(21)18-10-8-17(9-11-18)7-6-16(4,5)12-13(19)20;8-7(9)10-6-4-2-1-3-5-6/h6-12H2,1-5H3,(H,19,20);1-5H,(H2,8,9). The van der Waals surface area contributed by atoms with Gasteiger partial charge in [-0.2, -0.15) is 0 Å². The normalized spacial score (nSPS) is 14.7. The van der Waals surface area contributed by atoms with Crippen LogP contribution in [-0.2, 0) is 9.53 Å². The van der Waals surface area contributed by atoms with E-state index in [1.165, 1.54) is 0 Å². The number of hydrogen-bond acceptors (Lipinski definition) is 6. The number of carbonyl (C=O) groups excluding carboxylic acids is 2. The third-order valence-corrected chi connectivity index (χ3v) is 4.72. The topological polar surface area (TPSA) is 122 Å². The summed E-state index contributed by atoms with van der Waals surface area (Å²) in [7, 11) is 0. The first-order valence-corrected chi connectivity index (χ1v) is 10.7. The number of hydrogen-bond donors (Lipinski definition) is 2. The number of carboxylic acid groups (broad SMARTS) is 1. The number of benzene rings is 1. The van der Waals surface area contributed by atoms with Gasteiger partial charge < -0.3 is 25.2 Å². The summed E-state index contributed by atoms with van der Waals surface area (Å²) in [5.41, 5.74) is 4.10. The monoisotopic (exact) mass is 451 g/mol. The molecule has 180 valence electrons. The summed E-state index contributed by atoms with van der Waals surface area (Å²) in [6.07, 6.45) is -0.0130. The van der Waals surface area contributed by atoms with Gasteiger partial charge in [-0.25, -0.2) is 9.59 Å². The molecule has 2 amide bonds. The zero-order chi connectivity index (χ0) is 24.4. The van der Waals surface area contributed by atoms with Crippen LogP contribution in [0.1, 0.15) is 47.5 Å². The maximum absolute atomic E-state index is 12.0. The average molecular weight is 452 g/mol. The molecule has 0 bridgehead atoms. The molecule has 0 spiro atoms. The quantitative estimate of drug-likeness (QED) is 0.678. The summed E-state index contributed by atoms with van der Waals surface area (Å²) in [5, 5.41) is 8.90. The van der Waals surface area contributed by atoms with Crippen LogP contribution in [0.2, 0.25) is 0 Å². The van der Waals surface area contributed by atoms with E-state index < -0.39 is 17.7 Å². The molecule has 0 radical (unpaired) electrons. The first kappa shape index (κ1) is 27.2. The van der Waals surface area contributed by atoms with E-state index in [4.69, 9.17) is 15.6 Å². The SMILES string of the molecule is CC(C)(CCN1CCN(C(=O)OC(C)(C)C)CC1)CC(=O)O.NC(=O)Oc1ccccc1. The van der Waals surface area contributed by atoms with Crippen molar-refractivity contribution in [1.82, 2.24) is 9.80 Å². The van der Waals surface area contributed by atoms with Crippen molar-refractivity contribution in [3.05, 3.63) is 30.3 Å². The Hall–Kier alpha value is -2.81. The number of ether oxygens (including phenoxy) is 2. The summed E-state index contributed by atoms with van der Waals surface area (Å²) < 4.78 is 9.93. The molecule has 1 aliphatic rings. The highest BCUT2D eigenvalue weighted by molar-refractivity contribution is 5.68. The number of piperazine rings is 1. The van der Waals surface area contributed by atoms with Crippen LogP contribution in [0.5, 0.6) is 5.75 Å². The van der Waals surface area contributed by atoms with Gasteiger partial charge >= 0.3 is 18.2 Å². The van der Waals surface area contributed by atoms with Crippen molar-refractivity contribution in [3.8, 4) is 5.75 Å². The molecule has 32 heavy (non-hydrogen) atoms. The van der Waals surface area contributed by atoms with E-state index in [9.17, 15) is 14.4 Å². The third kappa shape index (κ3) is 12.1. The highest BCUT2D eigenvalue weighted by Crippen LogP contribution is 2.25. The number of aliphatic carboxylic acids is 1. The number of para-hydroxylation sites is 1. The molecule has 3 N–H and O–H groups in total. The molecule has 0 aliphatic carbocycles. The molecule has 1 aliphatic heterocycles. The summed E-state index contributed by atoms with van der Waals surface area (Å²) in [4.78, 5) is 37.0. The zero-order valence-electron chi connectivity index (χ0n) is 19.8. The van der Waals surface area contributed by atoms with Gasteiger partial charge in [0.2, 0.25) is 0 Å². The number of nitrogens with zero attached hydrogens (tertiary/aromatic N) is 2. The Morgan fingerprint density at radius 1 is 1.00 bits per heavy atom. The molecular weight excluding hydrogens is 414 g/mol. The van der Waals surface area contributed by atoms with E-state index in [1.54, 1.807) is 29.2 Å². The maximum atomic E-state index is 12.0. The minimum Gasteiger partial charge on any atom is -0.481 e. The van der Waals surface area contributed by atoms with Crippen LogP contribution < -0.4 is 10.5 Å². The van der Waals surface area contributed by atoms with Crippen LogP contribution in [0, 0.1) is 5.41 Å². The van der Waals surface area contributed by atoms with Crippen LogP contribution in [0.4, 0.5) is 9.59 Å². The van der Waals surface area contributed by atoms with Gasteiger partial charge in [-0.05, 0) is 51.3 Å². The fourth-order valence-electron chi connectivity index (χ4n) is 3.04. The van der Waals surface area contributed by atoms with Crippen molar-refractivity contribution in [2.24, 2.45) is 11.1 Å². The summed E-state index contributed by atoms with van der Waals surface area (Å²) >= 11 is 0. The summed E-state index contributed by atoms with van der Waals surface area (Å²) in [5.74, 6) is -0.283. The van der Waals surface area contributed by atoms with Gasteiger partial charge in [-0.15, -0.1) is 0 Å². The zero-order valence-corrected chi connectivity index (χ0v) is 19.8. The first-order valence-electron chi connectivity index (χ1n) is 10.7. The highest BCUT2D eigenvalue weighted by Gasteiger charge is 2.27. The molecule has 0 aromatic heterocycles. The van der Waals surface area contributed by atoms with E-state index >= 15 is 0 Å². The molecule has 0 atom stereocenters. The lowest BCUT2D eigenvalue weighted by Gasteiger charge is -2.36. The molecule has 1 heterocycles. The van der Waals surface area contributed by atoms with E-state index in [2.05, 4.69) is 9.64 Å². The fraction of sp³-hybridized carbons (Fsp3) is 0.609. The molecule has 2 rings (SSSR count). The molecular formula is C23H37N3O6. The second-order valence-electron chi connectivity index (χ2n) is 9.53. The van der Waals surface area contributed by atoms with E-state index in [1.807, 2.05) is 40.7 Å². The first-order chi connectivity index (χ1) is 14.8. The Labute approximate surface area is 190 Å². The van der Waals surface area contributed by atoms with Gasteiger partial charge in [0.15, 0.2) is 0 Å². The number of amides is 2. The van der Waals surface area contributed by atoms with Gasteiger partial charge in [0.1, 0.15) is 11.4 Å². The molecule has 1 aromatic rings. The van der Waals surface area contributed by atoms with Gasteiger partial charge in [0, 0.05) is 26.2 Å².